The van der Waals surface area contributed by atoms with Crippen LogP contribution in [0.3, 0.4) is 0 Å². The quantitative estimate of drug-likeness (QED) is 0.213. The van der Waals surface area contributed by atoms with Crippen molar-refractivity contribution < 1.29 is 64.3 Å². The van der Waals surface area contributed by atoms with Crippen LogP contribution in [0.2, 0.25) is 0 Å². The Morgan fingerprint density at radius 1 is 0.600 bits per heavy atom. The fraction of sp³-hybridized carbons (Fsp3) is 0. The summed E-state index contributed by atoms with van der Waals surface area (Å²) in [5.41, 5.74) is 0. The van der Waals surface area contributed by atoms with E-state index in [1.54, 1.807) is 0 Å². The Labute approximate surface area is 137 Å². The molecule has 0 bridgehead atoms. The first-order valence-corrected chi connectivity index (χ1v) is 3.67. The van der Waals surface area contributed by atoms with Crippen LogP contribution in [0.15, 0.2) is 0 Å². The van der Waals surface area contributed by atoms with E-state index in [1.165, 1.54) is 0 Å². The van der Waals surface area contributed by atoms with Crippen molar-refractivity contribution in [3.8, 4) is 0 Å². The maximum atomic E-state index is 9.98. The molecule has 0 atom stereocenters. The molecule has 0 aliphatic carbocycles. The molecule has 0 saturated heterocycles. The third-order valence-corrected chi connectivity index (χ3v) is 0.403. The predicted molar refractivity (Wildman–Crippen MR) is 67.1 cm³/mol. The van der Waals surface area contributed by atoms with Crippen LogP contribution in [-0.2, 0) is 9.31 Å². The Bertz CT molecular complexity index is 166. The van der Waals surface area contributed by atoms with Crippen LogP contribution in [-0.4, -0.2) is 123 Å². The van der Waals surface area contributed by atoms with Gasteiger partial charge in [-0.2, -0.15) is 0 Å². The first-order valence-electron chi connectivity index (χ1n) is 3.67. The van der Waals surface area contributed by atoms with Gasteiger partial charge in [0.05, 0.1) is 0 Å². The van der Waals surface area contributed by atoms with E-state index in [0.717, 1.165) is 0 Å². The van der Waals surface area contributed by atoms with Gasteiger partial charge in [0.2, 0.25) is 0 Å². The van der Waals surface area contributed by atoms with E-state index in [2.05, 4.69) is 9.31 Å². The second kappa shape index (κ2) is 21.6. The van der Waals surface area contributed by atoms with Crippen LogP contribution >= 0.6 is 0 Å². The summed E-state index contributed by atoms with van der Waals surface area (Å²) in [7, 11) is -8.99. The molecule has 0 aliphatic heterocycles. The standard InChI is InChI=1S/CH4B2O7.2BH3O3.2Li.2H/c4-1(9-2(5)6)10-3(7)8;2*2-1(3)4;;;;/h5-8H;2*2-4H;;;;. The molecule has 0 spiro atoms. The number of rotatable bonds is 2. The topological polar surface area (TPSA) is 238 Å². The summed E-state index contributed by atoms with van der Waals surface area (Å²) in [6, 6.07) is 0. The van der Waals surface area contributed by atoms with E-state index >= 15 is 0 Å². The molecule has 13 nitrogen and oxygen atoms in total. The molecule has 0 unspecified atom stereocenters. The Kier molecular flexibility index (Phi) is 34.9. The van der Waals surface area contributed by atoms with E-state index in [0.29, 0.717) is 0 Å². The van der Waals surface area contributed by atoms with Gasteiger partial charge in [-0.05, 0) is 0 Å². The van der Waals surface area contributed by atoms with E-state index in [9.17, 15) is 4.79 Å². The molecule has 0 saturated carbocycles. The zero-order chi connectivity index (χ0) is 15.3. The molecule has 0 amide bonds. The van der Waals surface area contributed by atoms with Gasteiger partial charge in [0, 0.05) is 0 Å². The summed E-state index contributed by atoms with van der Waals surface area (Å²) in [6.45, 7) is 0. The molecule has 0 fully saturated rings. The molecule has 20 heavy (non-hydrogen) atoms. The molecule has 108 valence electrons. The Morgan fingerprint density at radius 2 is 0.750 bits per heavy atom. The summed E-state index contributed by atoms with van der Waals surface area (Å²) in [4.78, 5) is 9.98. The number of carbonyl (C=O) groups excluding carboxylic acids is 1. The van der Waals surface area contributed by atoms with Crippen molar-refractivity contribution >= 4 is 73.2 Å². The fourth-order valence-electron chi connectivity index (χ4n) is 0.200. The van der Waals surface area contributed by atoms with Crippen LogP contribution in [0.5, 0.6) is 0 Å². The summed E-state index contributed by atoms with van der Waals surface area (Å²) < 4.78 is 6.98. The summed E-state index contributed by atoms with van der Waals surface area (Å²) in [5.74, 6) is 0. The van der Waals surface area contributed by atoms with Crippen LogP contribution in [0.25, 0.3) is 0 Å². The van der Waals surface area contributed by atoms with Crippen LogP contribution in [0.4, 0.5) is 4.79 Å². The van der Waals surface area contributed by atoms with Crippen molar-refractivity contribution in [2.75, 3.05) is 0 Å². The van der Waals surface area contributed by atoms with Gasteiger partial charge in [0.25, 0.3) is 0 Å². The van der Waals surface area contributed by atoms with Crippen molar-refractivity contribution in [1.82, 2.24) is 0 Å². The van der Waals surface area contributed by atoms with Gasteiger partial charge < -0.3 is 59.5 Å². The zero-order valence-corrected chi connectivity index (χ0v) is 8.51. The van der Waals surface area contributed by atoms with Crippen molar-refractivity contribution in [2.45, 2.75) is 0 Å². The van der Waals surface area contributed by atoms with E-state index in [4.69, 9.17) is 50.2 Å². The predicted octanol–water partition coefficient (Wildman–Crippen LogP) is -8.32. The Hall–Kier alpha value is 0.325. The molecular weight excluding hydrogens is 277 g/mol. The third kappa shape index (κ3) is 79.4. The second-order valence-electron chi connectivity index (χ2n) is 1.83. The average Bonchev–Trinajstić information content (AvgIpc) is 1.96. The molecule has 0 radical (unpaired) electrons. The molecule has 19 heteroatoms. The maximum absolute atomic E-state index is 9.98. The van der Waals surface area contributed by atoms with E-state index in [1.807, 2.05) is 0 Å². The monoisotopic (exact) mass is 290 g/mol. The van der Waals surface area contributed by atoms with Crippen molar-refractivity contribution in [1.29, 1.82) is 0 Å². The normalized spacial score (nSPS) is 6.90. The van der Waals surface area contributed by atoms with Crippen molar-refractivity contribution in [2.24, 2.45) is 0 Å². The SMILES string of the molecule is O=C(OB(O)O)OB(O)O.OB(O)O.OB(O)O.[LiH].[LiH]. The van der Waals surface area contributed by atoms with Crippen LogP contribution in [0, 0.1) is 0 Å². The first kappa shape index (κ1) is 32.3. The number of carbonyl (C=O) groups is 1. The molecule has 0 rings (SSSR count). The van der Waals surface area contributed by atoms with Crippen molar-refractivity contribution in [3.05, 3.63) is 0 Å². The van der Waals surface area contributed by atoms with E-state index in [-0.39, 0.29) is 37.7 Å². The molecule has 0 aromatic heterocycles. The van der Waals surface area contributed by atoms with Gasteiger partial charge in [-0.25, -0.2) is 4.79 Å². The Morgan fingerprint density at radius 3 is 0.850 bits per heavy atom. The minimum absolute atomic E-state index is 0. The first-order chi connectivity index (χ1) is 7.98. The molecule has 0 aliphatic rings. The third-order valence-electron chi connectivity index (χ3n) is 0.403. The van der Waals surface area contributed by atoms with Gasteiger partial charge in [-0.3, -0.25) is 0 Å². The fourth-order valence-corrected chi connectivity index (χ4v) is 0.200. The van der Waals surface area contributed by atoms with Crippen LogP contribution < -0.4 is 0 Å². The molecule has 0 heterocycles. The van der Waals surface area contributed by atoms with Gasteiger partial charge in [-0.1, -0.05) is 0 Å². The molecular formula is CH12B4Li2O13. The van der Waals surface area contributed by atoms with Gasteiger partial charge in [-0.15, -0.1) is 0 Å². The molecule has 10 N–H and O–H groups in total. The minimum atomic E-state index is -2.33. The van der Waals surface area contributed by atoms with Gasteiger partial charge in [0.1, 0.15) is 0 Å². The molecule has 0 aromatic rings. The summed E-state index contributed by atoms with van der Waals surface area (Å²) in [5, 5.41) is 74.6. The van der Waals surface area contributed by atoms with Gasteiger partial charge in [0.15, 0.2) is 0 Å². The zero-order valence-electron chi connectivity index (χ0n) is 8.51. The summed E-state index contributed by atoms with van der Waals surface area (Å²) in [6.07, 6.45) is -1.59. The second-order valence-corrected chi connectivity index (χ2v) is 1.83. The van der Waals surface area contributed by atoms with Crippen LogP contribution in [0.1, 0.15) is 0 Å². The number of hydrogen-bond acceptors (Lipinski definition) is 13. The number of hydrogen-bond donors (Lipinski definition) is 10. The average molecular weight is 289 g/mol. The molecule has 0 aromatic carbocycles. The van der Waals surface area contributed by atoms with E-state index < -0.39 is 35.4 Å². The van der Waals surface area contributed by atoms with Gasteiger partial charge >= 0.3 is 73.2 Å². The van der Waals surface area contributed by atoms with Crippen molar-refractivity contribution in [3.63, 3.8) is 0 Å². The summed E-state index contributed by atoms with van der Waals surface area (Å²) >= 11 is 0. The Balaban J connectivity index is -0.0000000637.